The number of aliphatic hydroxyl groups is 1. The average Bonchev–Trinajstić information content (AvgIpc) is 3.44. The minimum Gasteiger partial charge on any atom is -0.394 e. The van der Waals surface area contributed by atoms with Crippen LogP contribution in [0.15, 0.2) is 25.3 Å². The summed E-state index contributed by atoms with van der Waals surface area (Å²) in [5.41, 5.74) is 0. The lowest BCUT2D eigenvalue weighted by Crippen LogP contribution is -2.58. The molecule has 9 heteroatoms. The van der Waals surface area contributed by atoms with Crippen molar-refractivity contribution in [2.24, 2.45) is 17.8 Å². The fourth-order valence-electron chi connectivity index (χ4n) is 6.55. The van der Waals surface area contributed by atoms with Gasteiger partial charge in [-0.15, -0.1) is 24.9 Å². The number of rotatable bonds is 14. The quantitative estimate of drug-likeness (QED) is 0.187. The van der Waals surface area contributed by atoms with Gasteiger partial charge in [0.25, 0.3) is 0 Å². The van der Waals surface area contributed by atoms with Crippen molar-refractivity contribution in [3.05, 3.63) is 25.3 Å². The van der Waals surface area contributed by atoms with Gasteiger partial charge in [-0.05, 0) is 25.2 Å². The number of thioether (sulfide) groups is 1. The minimum atomic E-state index is -0.722. The van der Waals surface area contributed by atoms with Crippen molar-refractivity contribution in [2.75, 3.05) is 33.3 Å². The highest BCUT2D eigenvalue weighted by atomic mass is 79.9. The summed E-state index contributed by atoms with van der Waals surface area (Å²) in [5.74, 6) is -1.21. The number of unbranched alkanes of at least 4 members (excludes halogenated alkanes) is 2. The minimum absolute atomic E-state index is 0.0218. The lowest BCUT2D eigenvalue weighted by atomic mass is 9.70. The molecule has 3 rings (SSSR count). The molecule has 3 saturated heterocycles. The molecular formula is C28H44BrN3O4S. The summed E-state index contributed by atoms with van der Waals surface area (Å²) < 4.78 is -0.711. The zero-order valence-electron chi connectivity index (χ0n) is 22.8. The second-order valence-electron chi connectivity index (χ2n) is 11.2. The number of halogens is 1. The van der Waals surface area contributed by atoms with Crippen molar-refractivity contribution < 1.29 is 19.5 Å². The van der Waals surface area contributed by atoms with Gasteiger partial charge in [0.05, 0.1) is 29.2 Å². The van der Waals surface area contributed by atoms with Crippen LogP contribution in [-0.2, 0) is 14.4 Å². The van der Waals surface area contributed by atoms with E-state index in [0.29, 0.717) is 32.5 Å². The van der Waals surface area contributed by atoms with Gasteiger partial charge in [-0.3, -0.25) is 14.4 Å². The Labute approximate surface area is 235 Å². The van der Waals surface area contributed by atoms with Gasteiger partial charge in [-0.2, -0.15) is 0 Å². The number of likely N-dealkylation sites (tertiary alicyclic amines) is 1. The fourth-order valence-corrected chi connectivity index (χ4v) is 10.1. The van der Waals surface area contributed by atoms with Gasteiger partial charge in [-0.25, -0.2) is 0 Å². The Morgan fingerprint density at radius 3 is 2.49 bits per heavy atom. The molecule has 3 heterocycles. The van der Waals surface area contributed by atoms with E-state index in [2.05, 4.69) is 49.9 Å². The van der Waals surface area contributed by atoms with Crippen LogP contribution < -0.4 is 0 Å². The van der Waals surface area contributed by atoms with Crippen molar-refractivity contribution in [2.45, 2.75) is 79.8 Å². The van der Waals surface area contributed by atoms with Crippen molar-refractivity contribution >= 4 is 45.4 Å². The molecule has 1 spiro atoms. The molecule has 3 aliphatic rings. The van der Waals surface area contributed by atoms with Crippen LogP contribution in [0.3, 0.4) is 0 Å². The third-order valence-corrected chi connectivity index (χ3v) is 11.3. The Kier molecular flexibility index (Phi) is 10.4. The standard InChI is InChI=1S/C28H44BrN3O4S/c1-7-10-11-14-31(13-9-3)27(36)24-28-16-20(29)23(37-28)21(25(34)30(6)12-8-2)22(28)26(35)32(24)19(17-33)15-18(4)5/h8-9,18-24,33H,2-3,7,10-17H2,1,4-6H3/t19-,20?,21-,22+,23-,24?,28?/m1/s1. The van der Waals surface area contributed by atoms with E-state index in [1.54, 1.807) is 40.8 Å². The smallest absolute Gasteiger partial charge is 0.247 e. The number of carbonyl (C=O) groups is 3. The number of aliphatic hydroxyl groups excluding tert-OH is 1. The second kappa shape index (κ2) is 12.7. The molecule has 0 aromatic rings. The molecule has 3 fully saturated rings. The number of nitrogens with zero attached hydrogens (tertiary/aromatic N) is 3. The number of hydrogen-bond acceptors (Lipinski definition) is 5. The normalized spacial score (nSPS) is 30.9. The van der Waals surface area contributed by atoms with Crippen LogP contribution in [0.1, 0.15) is 52.9 Å². The molecule has 3 aliphatic heterocycles. The Hall–Kier alpha value is -1.32. The zero-order chi connectivity index (χ0) is 27.5. The lowest BCUT2D eigenvalue weighted by Gasteiger charge is -2.40. The van der Waals surface area contributed by atoms with E-state index in [4.69, 9.17) is 0 Å². The predicted octanol–water partition coefficient (Wildman–Crippen LogP) is 3.71. The highest BCUT2D eigenvalue weighted by Crippen LogP contribution is 2.68. The largest absolute Gasteiger partial charge is 0.394 e. The predicted molar refractivity (Wildman–Crippen MR) is 154 cm³/mol. The lowest BCUT2D eigenvalue weighted by molar-refractivity contribution is -0.147. The second-order valence-corrected chi connectivity index (χ2v) is 13.9. The molecule has 3 amide bonds. The zero-order valence-corrected chi connectivity index (χ0v) is 25.2. The third kappa shape index (κ3) is 5.55. The molecule has 7 nitrogen and oxygen atoms in total. The van der Waals surface area contributed by atoms with E-state index in [1.165, 1.54) is 0 Å². The summed E-state index contributed by atoms with van der Waals surface area (Å²) in [6.07, 6.45) is 7.59. The Morgan fingerprint density at radius 2 is 1.92 bits per heavy atom. The fraction of sp³-hybridized carbons (Fsp3) is 0.750. The van der Waals surface area contributed by atoms with E-state index in [1.807, 2.05) is 4.90 Å². The topological polar surface area (TPSA) is 81.2 Å². The van der Waals surface area contributed by atoms with Crippen LogP contribution in [0.25, 0.3) is 0 Å². The monoisotopic (exact) mass is 597 g/mol. The summed E-state index contributed by atoms with van der Waals surface area (Å²) >= 11 is 5.47. The first-order valence-corrected chi connectivity index (χ1v) is 15.4. The molecule has 0 aromatic heterocycles. The number of hydrogen-bond donors (Lipinski definition) is 1. The summed E-state index contributed by atoms with van der Waals surface area (Å²) in [6, 6.07) is -1.20. The molecule has 0 aliphatic carbocycles. The van der Waals surface area contributed by atoms with Crippen LogP contribution >= 0.6 is 27.7 Å². The van der Waals surface area contributed by atoms with Gasteiger partial charge in [0.2, 0.25) is 17.7 Å². The molecule has 2 bridgehead atoms. The number of carbonyl (C=O) groups excluding carboxylic acids is 3. The van der Waals surface area contributed by atoms with Crippen molar-refractivity contribution in [1.82, 2.24) is 14.7 Å². The molecule has 0 aromatic carbocycles. The van der Waals surface area contributed by atoms with Gasteiger partial charge >= 0.3 is 0 Å². The van der Waals surface area contributed by atoms with Crippen LogP contribution in [0, 0.1) is 17.8 Å². The highest BCUT2D eigenvalue weighted by Gasteiger charge is 2.76. The molecule has 37 heavy (non-hydrogen) atoms. The molecule has 208 valence electrons. The average molecular weight is 599 g/mol. The number of fused-ring (bicyclic) bond motifs is 1. The van der Waals surface area contributed by atoms with Gasteiger partial charge in [0, 0.05) is 36.8 Å². The molecule has 0 saturated carbocycles. The third-order valence-electron chi connectivity index (χ3n) is 8.07. The highest BCUT2D eigenvalue weighted by molar-refractivity contribution is 9.09. The number of amides is 3. The maximum atomic E-state index is 14.4. The maximum Gasteiger partial charge on any atom is 0.247 e. The summed E-state index contributed by atoms with van der Waals surface area (Å²) in [6.45, 7) is 15.1. The van der Waals surface area contributed by atoms with Crippen LogP contribution in [0.2, 0.25) is 0 Å². The van der Waals surface area contributed by atoms with Gasteiger partial charge < -0.3 is 19.8 Å². The molecule has 0 radical (unpaired) electrons. The van der Waals surface area contributed by atoms with E-state index in [9.17, 15) is 19.5 Å². The van der Waals surface area contributed by atoms with Crippen molar-refractivity contribution in [1.29, 1.82) is 0 Å². The maximum absolute atomic E-state index is 14.4. The SMILES string of the molecule is C=CCN(C)C(=O)[C@H]1[C@@H]2SC3(CC2Br)C(C(=O)N(CC=C)CCCCC)N([C@@H](CO)CC(C)C)C(=O)[C@H]13. The van der Waals surface area contributed by atoms with Crippen molar-refractivity contribution in [3.8, 4) is 0 Å². The first-order valence-electron chi connectivity index (χ1n) is 13.6. The van der Waals surface area contributed by atoms with E-state index in [-0.39, 0.29) is 40.3 Å². The first-order chi connectivity index (χ1) is 17.6. The van der Waals surface area contributed by atoms with Crippen molar-refractivity contribution in [3.63, 3.8) is 0 Å². The summed E-state index contributed by atoms with van der Waals surface area (Å²) in [7, 11) is 1.74. The first kappa shape index (κ1) is 30.2. The van der Waals surface area contributed by atoms with Gasteiger partial charge in [-0.1, -0.05) is 61.7 Å². The van der Waals surface area contributed by atoms with Crippen LogP contribution in [-0.4, -0.2) is 97.7 Å². The molecular weight excluding hydrogens is 554 g/mol. The van der Waals surface area contributed by atoms with E-state index < -0.39 is 28.7 Å². The summed E-state index contributed by atoms with van der Waals surface area (Å²) in [4.78, 5) is 47.6. The number of alkyl halides is 1. The molecule has 7 atom stereocenters. The Morgan fingerprint density at radius 1 is 1.24 bits per heavy atom. The van der Waals surface area contributed by atoms with E-state index in [0.717, 1.165) is 19.3 Å². The van der Waals surface area contributed by atoms with Crippen LogP contribution in [0.4, 0.5) is 0 Å². The van der Waals surface area contributed by atoms with Crippen LogP contribution in [0.5, 0.6) is 0 Å². The Bertz CT molecular complexity index is 885. The molecule has 1 N–H and O–H groups in total. The summed E-state index contributed by atoms with van der Waals surface area (Å²) in [5, 5.41) is 10.4. The van der Waals surface area contributed by atoms with Gasteiger partial charge in [0.1, 0.15) is 6.04 Å². The molecule has 3 unspecified atom stereocenters. The Balaban J connectivity index is 2.10. The van der Waals surface area contributed by atoms with Gasteiger partial charge in [0.15, 0.2) is 0 Å². The number of likely N-dealkylation sites (N-methyl/N-ethyl adjacent to an activating group) is 1. The van der Waals surface area contributed by atoms with E-state index >= 15 is 0 Å².